The molecule has 0 aliphatic heterocycles. The van der Waals surface area contributed by atoms with Gasteiger partial charge in [0.2, 0.25) is 0 Å². The van der Waals surface area contributed by atoms with Gasteiger partial charge >= 0.3 is 0 Å². The van der Waals surface area contributed by atoms with Crippen molar-refractivity contribution >= 4 is 10.8 Å². The molecule has 2 saturated carbocycles. The lowest BCUT2D eigenvalue weighted by Gasteiger charge is -2.42. The quantitative estimate of drug-likeness (QED) is 0.262. The maximum absolute atomic E-state index is 15.2. The predicted molar refractivity (Wildman–Crippen MR) is 137 cm³/mol. The van der Waals surface area contributed by atoms with E-state index in [0.717, 1.165) is 54.6 Å². The zero-order chi connectivity index (χ0) is 23.2. The highest BCUT2D eigenvalue weighted by molar-refractivity contribution is 5.85. The molecule has 0 aromatic heterocycles. The van der Waals surface area contributed by atoms with Gasteiger partial charge in [0.05, 0.1) is 0 Å². The molecule has 2 aliphatic rings. The number of unbranched alkanes of at least 4 members (excludes halogenated alkanes) is 3. The Bertz CT molecular complexity index is 944. The number of rotatable bonds is 9. The van der Waals surface area contributed by atoms with Gasteiger partial charge in [-0.25, -0.2) is 8.78 Å². The molecule has 180 valence electrons. The van der Waals surface area contributed by atoms with Crippen molar-refractivity contribution in [2.45, 2.75) is 103 Å². The number of benzene rings is 2. The highest BCUT2D eigenvalue weighted by Crippen LogP contribution is 2.49. The van der Waals surface area contributed by atoms with Crippen LogP contribution in [-0.2, 0) is 6.42 Å². The fourth-order valence-electron chi connectivity index (χ4n) is 6.68. The number of hydrogen-bond donors (Lipinski definition) is 0. The first-order valence-electron chi connectivity index (χ1n) is 13.6. The lowest BCUT2D eigenvalue weighted by molar-refractivity contribution is 0.112. The van der Waals surface area contributed by atoms with Gasteiger partial charge in [-0.2, -0.15) is 0 Å². The van der Waals surface area contributed by atoms with E-state index in [1.807, 2.05) is 25.1 Å². The second-order valence-corrected chi connectivity index (χ2v) is 10.8. The van der Waals surface area contributed by atoms with Crippen LogP contribution < -0.4 is 0 Å². The van der Waals surface area contributed by atoms with E-state index in [1.54, 1.807) is 12.1 Å². The van der Waals surface area contributed by atoms with Gasteiger partial charge in [0.1, 0.15) is 11.6 Å². The minimum Gasteiger partial charge on any atom is -0.207 e. The molecular formula is C31H42F2. The fourth-order valence-corrected chi connectivity index (χ4v) is 6.68. The zero-order valence-corrected chi connectivity index (χ0v) is 20.7. The minimum absolute atomic E-state index is 0.138. The molecule has 2 aliphatic carbocycles. The number of hydrogen-bond acceptors (Lipinski definition) is 0. The third-order valence-electron chi connectivity index (χ3n) is 8.54. The van der Waals surface area contributed by atoms with Gasteiger partial charge in [-0.05, 0) is 110 Å². The number of aryl methyl sites for hydroxylation is 1. The van der Waals surface area contributed by atoms with Crippen molar-refractivity contribution in [3.05, 3.63) is 59.2 Å². The summed E-state index contributed by atoms with van der Waals surface area (Å²) in [5, 5.41) is 1.28. The van der Waals surface area contributed by atoms with Gasteiger partial charge in [-0.1, -0.05) is 63.7 Å². The van der Waals surface area contributed by atoms with Crippen molar-refractivity contribution < 1.29 is 8.78 Å². The lowest BCUT2D eigenvalue weighted by atomic mass is 9.63. The van der Waals surface area contributed by atoms with Gasteiger partial charge in [0, 0.05) is 5.39 Å². The third kappa shape index (κ3) is 6.06. The van der Waals surface area contributed by atoms with Crippen molar-refractivity contribution in [1.29, 1.82) is 0 Å². The molecule has 0 saturated heterocycles. The highest BCUT2D eigenvalue weighted by Gasteiger charge is 2.36. The van der Waals surface area contributed by atoms with E-state index in [2.05, 4.69) is 13.0 Å². The van der Waals surface area contributed by atoms with E-state index < -0.39 is 0 Å². The van der Waals surface area contributed by atoms with Gasteiger partial charge in [-0.15, -0.1) is 0 Å². The van der Waals surface area contributed by atoms with Crippen LogP contribution >= 0.6 is 0 Å². The molecule has 4 rings (SSSR count). The maximum atomic E-state index is 15.2. The van der Waals surface area contributed by atoms with Crippen LogP contribution in [0.15, 0.2) is 36.4 Å². The van der Waals surface area contributed by atoms with Crippen LogP contribution in [-0.4, -0.2) is 0 Å². The van der Waals surface area contributed by atoms with Crippen LogP contribution in [0.1, 0.15) is 108 Å². The Hall–Kier alpha value is -1.70. The monoisotopic (exact) mass is 452 g/mol. The molecule has 2 aromatic rings. The molecule has 0 amide bonds. The first-order chi connectivity index (χ1) is 16.1. The van der Waals surface area contributed by atoms with Crippen LogP contribution in [0, 0.1) is 29.4 Å². The molecule has 0 N–H and O–H groups in total. The summed E-state index contributed by atoms with van der Waals surface area (Å²) in [5.74, 6) is 2.36. The van der Waals surface area contributed by atoms with E-state index in [9.17, 15) is 4.39 Å². The number of halogens is 2. The van der Waals surface area contributed by atoms with Gasteiger partial charge in [0.25, 0.3) is 0 Å². The van der Waals surface area contributed by atoms with E-state index in [4.69, 9.17) is 0 Å². The molecular weight excluding hydrogens is 410 g/mol. The fraction of sp³-hybridized carbons (Fsp3) is 0.613. The summed E-state index contributed by atoms with van der Waals surface area (Å²) in [6.45, 7) is 4.27. The van der Waals surface area contributed by atoms with E-state index in [1.165, 1.54) is 57.8 Å². The van der Waals surface area contributed by atoms with E-state index in [-0.39, 0.29) is 17.6 Å². The molecule has 4 atom stereocenters. The molecule has 0 radical (unpaired) electrons. The molecule has 0 spiro atoms. The van der Waals surface area contributed by atoms with Crippen molar-refractivity contribution in [2.24, 2.45) is 17.8 Å². The molecule has 0 nitrogen and oxygen atoms in total. The molecule has 33 heavy (non-hydrogen) atoms. The summed E-state index contributed by atoms with van der Waals surface area (Å²) in [6, 6.07) is 7.03. The summed E-state index contributed by atoms with van der Waals surface area (Å²) in [7, 11) is 0. The normalized spacial score (nSPS) is 25.6. The highest BCUT2D eigenvalue weighted by atomic mass is 19.1. The van der Waals surface area contributed by atoms with Gasteiger partial charge in [-0.3, -0.25) is 0 Å². The number of fused-ring (bicyclic) bond motifs is 2. The lowest BCUT2D eigenvalue weighted by Crippen LogP contribution is -2.30. The van der Waals surface area contributed by atoms with E-state index >= 15 is 4.39 Å². The summed E-state index contributed by atoms with van der Waals surface area (Å²) < 4.78 is 30.2. The second kappa shape index (κ2) is 11.6. The van der Waals surface area contributed by atoms with Crippen molar-refractivity contribution in [1.82, 2.24) is 0 Å². The third-order valence-corrected chi connectivity index (χ3v) is 8.54. The SMILES string of the molecule is C/C=C/CCc1cc(F)c2cc([C@@H]3CC[C@@H]4CC(CCCCCC)CCC4C3)c(F)cc2c1. The average molecular weight is 453 g/mol. The smallest absolute Gasteiger partial charge is 0.131 e. The van der Waals surface area contributed by atoms with Crippen LogP contribution in [0.3, 0.4) is 0 Å². The number of allylic oxidation sites excluding steroid dienone is 2. The Morgan fingerprint density at radius 1 is 0.879 bits per heavy atom. The summed E-state index contributed by atoms with van der Waals surface area (Å²) in [5.41, 5.74) is 1.69. The van der Waals surface area contributed by atoms with Gasteiger partial charge in [0.15, 0.2) is 0 Å². The molecule has 0 heterocycles. The first-order valence-corrected chi connectivity index (χ1v) is 13.6. The van der Waals surface area contributed by atoms with Crippen LogP contribution in [0.25, 0.3) is 10.8 Å². The average Bonchev–Trinajstić information content (AvgIpc) is 2.81. The second-order valence-electron chi connectivity index (χ2n) is 10.8. The molecule has 2 heteroatoms. The molecule has 2 unspecified atom stereocenters. The Morgan fingerprint density at radius 2 is 1.70 bits per heavy atom. The topological polar surface area (TPSA) is 0 Å². The zero-order valence-electron chi connectivity index (χ0n) is 20.7. The van der Waals surface area contributed by atoms with E-state index in [0.29, 0.717) is 10.8 Å². The first kappa shape index (κ1) is 24.4. The van der Waals surface area contributed by atoms with Crippen LogP contribution in [0.2, 0.25) is 0 Å². The maximum Gasteiger partial charge on any atom is 0.131 e. The van der Waals surface area contributed by atoms with Crippen molar-refractivity contribution in [2.75, 3.05) is 0 Å². The standard InChI is InChI=1S/C31H42F2/c1-3-5-7-9-10-22-12-13-25-19-26(15-14-24(25)16-22)28-21-29-27(20-31(28)33)17-23(18-30(29)32)11-8-6-4-2/h4,6,17-18,20-22,24-26H,3,5,7-16,19H2,1-2H3/b6-4+/t22?,24-,25?,26-/m1/s1. The van der Waals surface area contributed by atoms with Crippen molar-refractivity contribution in [3.8, 4) is 0 Å². The molecule has 2 fully saturated rings. The molecule has 0 bridgehead atoms. The Kier molecular flexibility index (Phi) is 8.61. The predicted octanol–water partition coefficient (Wildman–Crippen LogP) is 9.90. The summed E-state index contributed by atoms with van der Waals surface area (Å²) in [4.78, 5) is 0. The summed E-state index contributed by atoms with van der Waals surface area (Å²) >= 11 is 0. The summed E-state index contributed by atoms with van der Waals surface area (Å²) in [6.07, 6.45) is 20.0. The van der Waals surface area contributed by atoms with Gasteiger partial charge < -0.3 is 0 Å². The van der Waals surface area contributed by atoms with Crippen LogP contribution in [0.5, 0.6) is 0 Å². The van der Waals surface area contributed by atoms with Crippen molar-refractivity contribution in [3.63, 3.8) is 0 Å². The minimum atomic E-state index is -0.207. The Morgan fingerprint density at radius 3 is 2.52 bits per heavy atom. The van der Waals surface area contributed by atoms with Crippen LogP contribution in [0.4, 0.5) is 8.78 Å². The largest absolute Gasteiger partial charge is 0.207 e. The Labute approximate surface area is 199 Å². The molecule has 2 aromatic carbocycles. The Balaban J connectivity index is 1.42.